The summed E-state index contributed by atoms with van der Waals surface area (Å²) in [7, 11) is 0. The number of hydrogen-bond acceptors (Lipinski definition) is 3. The topological polar surface area (TPSA) is 37.8 Å². The third kappa shape index (κ3) is 3.42. The molecule has 1 aromatic heterocycles. The fraction of sp³-hybridized carbons (Fsp3) is 0.714. The summed E-state index contributed by atoms with van der Waals surface area (Å²) in [5.74, 6) is 3.59. The van der Waals surface area contributed by atoms with Gasteiger partial charge in [0.2, 0.25) is 0 Å². The Morgan fingerprint density at radius 3 is 2.82 bits per heavy atom. The van der Waals surface area contributed by atoms with Crippen LogP contribution in [0, 0.1) is 18.8 Å². The summed E-state index contributed by atoms with van der Waals surface area (Å²) in [5, 5.41) is 3.47. The minimum Gasteiger partial charge on any atom is -0.370 e. The van der Waals surface area contributed by atoms with E-state index < -0.39 is 0 Å². The van der Waals surface area contributed by atoms with E-state index in [0.29, 0.717) is 0 Å². The van der Waals surface area contributed by atoms with Crippen molar-refractivity contribution in [2.45, 2.75) is 46.5 Å². The van der Waals surface area contributed by atoms with E-state index in [1.807, 2.05) is 6.92 Å². The molecule has 1 aliphatic carbocycles. The molecule has 2 rings (SSSR count). The first-order chi connectivity index (χ1) is 8.17. The highest BCUT2D eigenvalue weighted by Crippen LogP contribution is 2.30. The van der Waals surface area contributed by atoms with Crippen molar-refractivity contribution >= 4 is 5.82 Å². The van der Waals surface area contributed by atoms with Crippen LogP contribution in [-0.4, -0.2) is 16.5 Å². The fourth-order valence-electron chi connectivity index (χ4n) is 2.66. The predicted molar refractivity (Wildman–Crippen MR) is 71.1 cm³/mol. The summed E-state index contributed by atoms with van der Waals surface area (Å²) in [6.45, 7) is 7.50. The highest BCUT2D eigenvalue weighted by molar-refractivity contribution is 5.36. The average Bonchev–Trinajstić information content (AvgIpc) is 2.72. The zero-order chi connectivity index (χ0) is 12.3. The molecule has 0 spiro atoms. The minimum absolute atomic E-state index is 0.824. The van der Waals surface area contributed by atoms with Gasteiger partial charge < -0.3 is 5.32 Å². The molecule has 2 unspecified atom stereocenters. The standard InChI is InChI=1S/C14H23N3/c1-4-13-8-14(17-11(3)16-13)15-9-12-6-5-10(2)7-12/h8,10,12H,4-7,9H2,1-3H3,(H,15,16,17). The van der Waals surface area contributed by atoms with E-state index in [2.05, 4.69) is 35.2 Å². The Balaban J connectivity index is 1.92. The number of aromatic nitrogens is 2. The van der Waals surface area contributed by atoms with Crippen LogP contribution in [0.4, 0.5) is 5.82 Å². The van der Waals surface area contributed by atoms with Gasteiger partial charge in [0, 0.05) is 18.3 Å². The Morgan fingerprint density at radius 2 is 2.18 bits per heavy atom. The van der Waals surface area contributed by atoms with E-state index in [0.717, 1.165) is 42.1 Å². The van der Waals surface area contributed by atoms with E-state index in [-0.39, 0.29) is 0 Å². The lowest BCUT2D eigenvalue weighted by Crippen LogP contribution is -2.13. The first-order valence-corrected chi connectivity index (χ1v) is 6.75. The third-order valence-electron chi connectivity index (χ3n) is 3.63. The van der Waals surface area contributed by atoms with Gasteiger partial charge in [0.05, 0.1) is 0 Å². The summed E-state index contributed by atoms with van der Waals surface area (Å²) in [6.07, 6.45) is 5.07. The van der Waals surface area contributed by atoms with Gasteiger partial charge in [-0.25, -0.2) is 9.97 Å². The van der Waals surface area contributed by atoms with Crippen LogP contribution in [0.25, 0.3) is 0 Å². The van der Waals surface area contributed by atoms with Crippen LogP contribution in [0.1, 0.15) is 44.6 Å². The summed E-state index contributed by atoms with van der Waals surface area (Å²) in [4.78, 5) is 8.83. The van der Waals surface area contributed by atoms with Gasteiger partial charge in [-0.2, -0.15) is 0 Å². The Morgan fingerprint density at radius 1 is 1.35 bits per heavy atom. The largest absolute Gasteiger partial charge is 0.370 e. The lowest BCUT2D eigenvalue weighted by Gasteiger charge is -2.12. The summed E-state index contributed by atoms with van der Waals surface area (Å²) in [5.41, 5.74) is 1.12. The SMILES string of the molecule is CCc1cc(NCC2CCC(C)C2)nc(C)n1. The molecule has 1 aromatic rings. The van der Waals surface area contributed by atoms with Gasteiger partial charge in [-0.15, -0.1) is 0 Å². The van der Waals surface area contributed by atoms with Crippen LogP contribution in [0.5, 0.6) is 0 Å². The fourth-order valence-corrected chi connectivity index (χ4v) is 2.66. The number of anilines is 1. The van der Waals surface area contributed by atoms with E-state index in [4.69, 9.17) is 0 Å². The Bertz CT molecular complexity index is 376. The van der Waals surface area contributed by atoms with Gasteiger partial charge in [0.25, 0.3) is 0 Å². The van der Waals surface area contributed by atoms with Crippen molar-refractivity contribution in [3.63, 3.8) is 0 Å². The average molecular weight is 233 g/mol. The Hall–Kier alpha value is -1.12. The zero-order valence-electron chi connectivity index (χ0n) is 11.2. The maximum Gasteiger partial charge on any atom is 0.129 e. The molecule has 2 atom stereocenters. The summed E-state index contributed by atoms with van der Waals surface area (Å²) >= 11 is 0. The van der Waals surface area contributed by atoms with Crippen LogP contribution in [0.2, 0.25) is 0 Å². The van der Waals surface area contributed by atoms with Gasteiger partial charge in [0.1, 0.15) is 11.6 Å². The lowest BCUT2D eigenvalue weighted by atomic mass is 10.1. The van der Waals surface area contributed by atoms with Gasteiger partial charge in [-0.3, -0.25) is 0 Å². The first kappa shape index (κ1) is 12.3. The Labute approximate surface area is 104 Å². The van der Waals surface area contributed by atoms with Gasteiger partial charge in [0.15, 0.2) is 0 Å². The normalized spacial score (nSPS) is 23.9. The molecule has 0 amide bonds. The lowest BCUT2D eigenvalue weighted by molar-refractivity contribution is 0.536. The van der Waals surface area contributed by atoms with Crippen molar-refractivity contribution in [2.75, 3.05) is 11.9 Å². The van der Waals surface area contributed by atoms with Crippen LogP contribution in [-0.2, 0) is 6.42 Å². The smallest absolute Gasteiger partial charge is 0.129 e. The molecular weight excluding hydrogens is 210 g/mol. The van der Waals surface area contributed by atoms with Crippen molar-refractivity contribution < 1.29 is 0 Å². The van der Waals surface area contributed by atoms with Crippen LogP contribution in [0.3, 0.4) is 0 Å². The molecule has 1 aliphatic rings. The maximum atomic E-state index is 4.44. The number of nitrogens with one attached hydrogen (secondary N) is 1. The quantitative estimate of drug-likeness (QED) is 0.868. The predicted octanol–water partition coefficient (Wildman–Crippen LogP) is 3.20. The van der Waals surface area contributed by atoms with Crippen molar-refractivity contribution in [2.24, 2.45) is 11.8 Å². The van der Waals surface area contributed by atoms with Gasteiger partial charge >= 0.3 is 0 Å². The molecule has 0 aromatic carbocycles. The zero-order valence-corrected chi connectivity index (χ0v) is 11.2. The number of aryl methyl sites for hydroxylation is 2. The van der Waals surface area contributed by atoms with Crippen LogP contribution < -0.4 is 5.32 Å². The summed E-state index contributed by atoms with van der Waals surface area (Å²) in [6, 6.07) is 2.07. The molecule has 1 heterocycles. The number of nitrogens with zero attached hydrogens (tertiary/aromatic N) is 2. The Kier molecular flexibility index (Phi) is 3.97. The molecule has 1 fully saturated rings. The van der Waals surface area contributed by atoms with E-state index in [9.17, 15) is 0 Å². The summed E-state index contributed by atoms with van der Waals surface area (Å²) < 4.78 is 0. The maximum absolute atomic E-state index is 4.44. The second kappa shape index (κ2) is 5.48. The van der Waals surface area contributed by atoms with Gasteiger partial charge in [-0.05, 0) is 38.0 Å². The monoisotopic (exact) mass is 233 g/mol. The first-order valence-electron chi connectivity index (χ1n) is 6.75. The second-order valence-corrected chi connectivity index (χ2v) is 5.31. The van der Waals surface area contributed by atoms with Crippen molar-refractivity contribution in [3.05, 3.63) is 17.6 Å². The van der Waals surface area contributed by atoms with Crippen LogP contribution >= 0.6 is 0 Å². The van der Waals surface area contributed by atoms with Crippen LogP contribution in [0.15, 0.2) is 6.07 Å². The van der Waals surface area contributed by atoms with E-state index in [1.165, 1.54) is 19.3 Å². The van der Waals surface area contributed by atoms with Crippen molar-refractivity contribution in [1.29, 1.82) is 0 Å². The molecule has 0 aliphatic heterocycles. The second-order valence-electron chi connectivity index (χ2n) is 5.31. The molecule has 0 bridgehead atoms. The molecule has 94 valence electrons. The molecule has 0 saturated heterocycles. The highest BCUT2D eigenvalue weighted by atomic mass is 15.0. The molecule has 17 heavy (non-hydrogen) atoms. The molecule has 3 nitrogen and oxygen atoms in total. The highest BCUT2D eigenvalue weighted by Gasteiger charge is 2.20. The van der Waals surface area contributed by atoms with E-state index in [1.54, 1.807) is 0 Å². The molecule has 0 radical (unpaired) electrons. The number of rotatable bonds is 4. The van der Waals surface area contributed by atoms with Crippen molar-refractivity contribution in [3.8, 4) is 0 Å². The minimum atomic E-state index is 0.824. The number of hydrogen-bond donors (Lipinski definition) is 1. The van der Waals surface area contributed by atoms with Gasteiger partial charge in [-0.1, -0.05) is 20.3 Å². The molecule has 3 heteroatoms. The van der Waals surface area contributed by atoms with Crippen molar-refractivity contribution in [1.82, 2.24) is 9.97 Å². The third-order valence-corrected chi connectivity index (χ3v) is 3.63. The molecular formula is C14H23N3. The molecule has 1 N–H and O–H groups in total. The molecule has 1 saturated carbocycles. The van der Waals surface area contributed by atoms with E-state index >= 15 is 0 Å².